The number of ketones is 4. The molecule has 0 aromatic rings. The molecule has 18 atom stereocenters. The number of nitrogens with two attached hydrogens (primary N) is 1. The number of aliphatic imine (C=N–C) groups is 1. The van der Waals surface area contributed by atoms with Crippen LogP contribution in [0.15, 0.2) is 144 Å². The molecule has 0 spiro atoms. The van der Waals surface area contributed by atoms with E-state index in [1.54, 1.807) is 25.2 Å². The van der Waals surface area contributed by atoms with Crippen LogP contribution >= 0.6 is 0 Å². The molecule has 17 nitrogen and oxygen atoms in total. The van der Waals surface area contributed by atoms with Crippen LogP contribution in [0.4, 0.5) is 0 Å². The van der Waals surface area contributed by atoms with E-state index in [1.807, 2.05) is 26.9 Å². The van der Waals surface area contributed by atoms with E-state index in [0.29, 0.717) is 57.0 Å². The Labute approximate surface area is 692 Å². The SMILES string of the molecule is C.C.CC(=O)C[C@]1(C)CC[C@]2(C)CC[C@]3(C)C4=CC=C5C(=CC(=O)C(O)=C5C)[C@]4(C)CC[C@@]3(C)[C@@H]2C1.CC(=O)ON1C(=O)CCC1=O.CC1=C(O)C(=O)C=C2C1=CC=C1[C@@]2(C)CC[C@@]2(C)[C@@H]3C[C@](C)(N)CC[C@]3(C)CC[C@]12C.CC1=C(O)C(=O)C=C2C1=CC=C1[C@@]2(C)CC[C@@]2(C)[C@@H]3C[C@](C)(N=C=O)CC[C@]3(C)CC[C@]12C.O.[Li+].[OH-]. The van der Waals surface area contributed by atoms with E-state index in [0.717, 1.165) is 136 Å². The minimum absolute atomic E-state index is 0. The quantitative estimate of drug-likeness (QED) is 0.0880. The van der Waals surface area contributed by atoms with Gasteiger partial charge in [-0.3, -0.25) is 24.0 Å². The molecule has 0 aromatic carbocycles. The van der Waals surface area contributed by atoms with Gasteiger partial charge >= 0.3 is 24.8 Å². The van der Waals surface area contributed by atoms with Crippen LogP contribution in [0.25, 0.3) is 0 Å². The molecule has 2 amide bonds. The van der Waals surface area contributed by atoms with Crippen molar-refractivity contribution in [3.63, 3.8) is 0 Å². The Hall–Kier alpha value is -6.57. The molecule has 18 heteroatoms. The fourth-order valence-electron chi connectivity index (χ4n) is 27.2. The summed E-state index contributed by atoms with van der Waals surface area (Å²) in [5.41, 5.74) is 20.4. The average Bonchev–Trinajstić information content (AvgIpc) is 0.857. The Morgan fingerprint density at radius 2 is 0.789 bits per heavy atom. The first-order valence-electron chi connectivity index (χ1n) is 41.1. The average molecular weight is 1560 g/mol. The Bertz CT molecular complexity index is 4540. The minimum atomic E-state index is -0.659. The number of carbonyl (C=O) groups excluding carboxylic acids is 8. The van der Waals surface area contributed by atoms with Crippen LogP contribution in [0.2, 0.25) is 0 Å². The molecule has 1 heterocycles. The minimum Gasteiger partial charge on any atom is -0.870 e. The van der Waals surface area contributed by atoms with Crippen molar-refractivity contribution in [2.24, 2.45) is 98.9 Å². The second kappa shape index (κ2) is 30.3. The predicted octanol–water partition coefficient (Wildman–Crippen LogP) is 17.5. The zero-order chi connectivity index (χ0) is 80.0. The molecular weight excluding hydrogens is 1430 g/mol. The summed E-state index contributed by atoms with van der Waals surface area (Å²) in [7, 11) is 0. The van der Waals surface area contributed by atoms with E-state index in [2.05, 4.69) is 150 Å². The number of carbonyl (C=O) groups is 7. The molecule has 0 radical (unpaired) electrons. The molecule has 1 aliphatic heterocycles. The van der Waals surface area contributed by atoms with Gasteiger partial charge in [-0.15, -0.1) is 5.06 Å². The van der Waals surface area contributed by atoms with Crippen molar-refractivity contribution in [3.05, 3.63) is 139 Å². The summed E-state index contributed by atoms with van der Waals surface area (Å²) >= 11 is 0. The first-order valence-corrected chi connectivity index (χ1v) is 41.1. The summed E-state index contributed by atoms with van der Waals surface area (Å²) in [6, 6.07) is 0. The molecule has 15 aliphatic carbocycles. The number of hydrogen-bond acceptors (Lipinski definition) is 15. The second-order valence-electron chi connectivity index (χ2n) is 41.4. The van der Waals surface area contributed by atoms with Crippen LogP contribution in [0.5, 0.6) is 0 Å². The number of nitrogens with zero attached hydrogens (tertiary/aromatic N) is 2. The number of amides is 2. The fourth-order valence-corrected chi connectivity index (χ4v) is 27.2. The van der Waals surface area contributed by atoms with Crippen LogP contribution < -0.4 is 24.6 Å². The molecule has 0 bridgehead atoms. The standard InChI is InChI=1S/C31H42O3.C29H37NO3.C28H39NO2.C6H7NO4.2CH4.Li.2H2O/c1-19(32)17-27(3)10-11-28(4)12-14-30(6)24-9-8-21-20(2)26(34)23(33)16-22(21)29(24,5)13-15-31(30,7)25(28)18-27;1-18-19-7-8-22-27(4,20(19)15-21(32)24(18)33)12-14-29(6)23-16-26(3,30-17-31)11-9-25(23,2)10-13-28(22,29)5;1-17-18-7-8-21-26(4,19(18)15-20(30)23(17)31)12-14-28(6)22-16-25(3,29)11-9-24(22,2)10-13-27(21,28)5;1-4(8)11-7-5(9)2-3-6(7)10;;;;;/h8-9,16,25,34H,10-15,17-18H2,1-7H3;7-8,15,23,33H,9-14,16H2,1-6H3;7-8,15,22,31H,9-14,16,29H2,1-6H3;2-3H2,1H3;2*1H4;;2*1H2/q;;;;;;+1;;/p-1/t25-,27+,28-,29+,30-,31+;23-,25-,26-,27+,28-,29+;22-,24-,25-,26+,27-,28+;;;;;;/m111....../s1. The summed E-state index contributed by atoms with van der Waals surface area (Å²) in [6.45, 7) is 44.8. The molecule has 1 saturated heterocycles. The number of Topliss-reactive ketones (excluding diaryl/α,β-unsaturated/α-hetero) is 1. The number of allylic oxidation sites excluding steroid dienone is 21. The number of fused-ring (bicyclic) bond motifs is 21. The molecule has 10 fully saturated rings. The Morgan fingerprint density at radius 3 is 1.12 bits per heavy atom. The maximum absolute atomic E-state index is 12.6. The summed E-state index contributed by atoms with van der Waals surface area (Å²) in [5.74, 6) is -0.669. The molecule has 16 aliphatic rings. The van der Waals surface area contributed by atoms with E-state index in [-0.39, 0.29) is 163 Å². The molecule has 16 rings (SSSR count). The van der Waals surface area contributed by atoms with E-state index in [4.69, 9.17) is 5.73 Å². The van der Waals surface area contributed by atoms with Gasteiger partial charge in [0.25, 0.3) is 11.8 Å². The third kappa shape index (κ3) is 13.7. The van der Waals surface area contributed by atoms with E-state index in [1.165, 1.54) is 61.7 Å². The first kappa shape index (κ1) is 92.9. The number of hydrogen-bond donors (Lipinski definition) is 4. The van der Waals surface area contributed by atoms with Crippen LogP contribution in [0, 0.1) is 88.1 Å². The summed E-state index contributed by atoms with van der Waals surface area (Å²) in [5, 5.41) is 31.4. The summed E-state index contributed by atoms with van der Waals surface area (Å²) in [4.78, 5) is 102. The van der Waals surface area contributed by atoms with Gasteiger partial charge in [-0.2, -0.15) is 4.99 Å². The van der Waals surface area contributed by atoms with Crippen molar-refractivity contribution in [3.8, 4) is 0 Å². The number of isocyanates is 1. The summed E-state index contributed by atoms with van der Waals surface area (Å²) < 4.78 is 0. The molecule has 114 heavy (non-hydrogen) atoms. The van der Waals surface area contributed by atoms with Gasteiger partial charge in [-0.25, -0.2) is 9.59 Å². The van der Waals surface area contributed by atoms with Crippen LogP contribution in [0.3, 0.4) is 0 Å². The number of imide groups is 1. The zero-order valence-corrected chi connectivity index (χ0v) is 71.3. The molecule has 9 saturated carbocycles. The van der Waals surface area contributed by atoms with Gasteiger partial charge in [-0.05, 0) is 300 Å². The monoisotopic (exact) mass is 1560 g/mol. The molecule has 620 valence electrons. The first-order chi connectivity index (χ1) is 50.4. The van der Waals surface area contributed by atoms with Gasteiger partial charge in [0.05, 0.1) is 5.54 Å². The van der Waals surface area contributed by atoms with Crippen molar-refractivity contribution in [1.29, 1.82) is 0 Å². The van der Waals surface area contributed by atoms with Gasteiger partial charge in [0.1, 0.15) is 5.78 Å². The Kier molecular flexibility index (Phi) is 24.7. The fraction of sp³-hybridized carbons (Fsp3) is 0.667. The molecule has 0 aromatic heterocycles. The van der Waals surface area contributed by atoms with Gasteiger partial charge < -0.3 is 41.6 Å². The van der Waals surface area contributed by atoms with Gasteiger partial charge in [0.15, 0.2) is 17.3 Å². The summed E-state index contributed by atoms with van der Waals surface area (Å²) in [6.07, 6.45) is 45.0. The number of aliphatic hydroxyl groups excluding tert-OH is 3. The van der Waals surface area contributed by atoms with Crippen LogP contribution in [-0.4, -0.2) is 89.4 Å². The normalized spacial score (nSPS) is 42.2. The van der Waals surface area contributed by atoms with E-state index in [9.17, 15) is 53.7 Å². The third-order valence-corrected chi connectivity index (χ3v) is 34.9. The van der Waals surface area contributed by atoms with Crippen LogP contribution in [0.1, 0.15) is 307 Å². The predicted molar refractivity (Wildman–Crippen MR) is 443 cm³/mol. The smallest absolute Gasteiger partial charge is 0.870 e. The Morgan fingerprint density at radius 1 is 0.474 bits per heavy atom. The zero-order valence-electron chi connectivity index (χ0n) is 71.3. The Balaban J connectivity index is 0.000000196. The van der Waals surface area contributed by atoms with Crippen molar-refractivity contribution in [1.82, 2.24) is 5.06 Å². The number of aliphatic hydroxyl groups is 3. The van der Waals surface area contributed by atoms with Crippen molar-refractivity contribution in [2.45, 2.75) is 319 Å². The topological polar surface area (TPSA) is 310 Å². The van der Waals surface area contributed by atoms with E-state index < -0.39 is 17.8 Å². The molecular formula is C96H136LiN3O14. The van der Waals surface area contributed by atoms with Crippen molar-refractivity contribution in [2.75, 3.05) is 0 Å². The van der Waals surface area contributed by atoms with Crippen LogP contribution in [-0.2, 0) is 43.2 Å². The number of rotatable bonds is 4. The maximum Gasteiger partial charge on any atom is 1.00 e. The maximum atomic E-state index is 12.6. The molecule has 0 unspecified atom stereocenters. The third-order valence-electron chi connectivity index (χ3n) is 34.9. The van der Waals surface area contributed by atoms with E-state index >= 15 is 0 Å². The molecule has 8 N–H and O–H groups in total. The number of hydroxylamine groups is 2. The second-order valence-corrected chi connectivity index (χ2v) is 41.4. The van der Waals surface area contributed by atoms with Crippen molar-refractivity contribution < 1.29 is 88.3 Å². The van der Waals surface area contributed by atoms with Crippen molar-refractivity contribution >= 4 is 47.0 Å². The van der Waals surface area contributed by atoms with Gasteiger partial charge in [0, 0.05) is 64.7 Å². The largest absolute Gasteiger partial charge is 1.00 e. The van der Waals surface area contributed by atoms with Gasteiger partial charge in [0.2, 0.25) is 23.4 Å². The van der Waals surface area contributed by atoms with Gasteiger partial charge in [-0.1, -0.05) is 158 Å².